The molecule has 1 atom stereocenters. The molecule has 0 aliphatic carbocycles. The zero-order valence-electron chi connectivity index (χ0n) is 14.3. The molecule has 6 nitrogen and oxygen atoms in total. The van der Waals surface area contributed by atoms with Crippen molar-refractivity contribution in [3.8, 4) is 0 Å². The molecule has 0 radical (unpaired) electrons. The maximum Gasteiger partial charge on any atom is 0.224 e. The van der Waals surface area contributed by atoms with E-state index in [1.165, 1.54) is 6.07 Å². The highest BCUT2D eigenvalue weighted by atomic mass is 19.1. The number of nitrogens with two attached hydrogens (primary N) is 1. The molecule has 1 aromatic rings. The Morgan fingerprint density at radius 2 is 2.00 bits per heavy atom. The highest BCUT2D eigenvalue weighted by Crippen LogP contribution is 2.19. The third-order valence-corrected chi connectivity index (χ3v) is 4.51. The van der Waals surface area contributed by atoms with Crippen molar-refractivity contribution in [1.82, 2.24) is 10.2 Å². The van der Waals surface area contributed by atoms with Gasteiger partial charge in [0.1, 0.15) is 5.82 Å². The van der Waals surface area contributed by atoms with Crippen molar-refractivity contribution < 1.29 is 19.1 Å². The highest BCUT2D eigenvalue weighted by molar-refractivity contribution is 5.80. The van der Waals surface area contributed by atoms with E-state index in [1.54, 1.807) is 23.1 Å². The zero-order valence-corrected chi connectivity index (χ0v) is 14.3. The van der Waals surface area contributed by atoms with Gasteiger partial charge in [0.15, 0.2) is 0 Å². The lowest BCUT2D eigenvalue weighted by Gasteiger charge is -2.32. The second-order valence-corrected chi connectivity index (χ2v) is 6.43. The minimum absolute atomic E-state index is 0.0574. The first-order chi connectivity index (χ1) is 12.0. The summed E-state index contributed by atoms with van der Waals surface area (Å²) in [5.41, 5.74) is 6.53. The zero-order chi connectivity index (χ0) is 18.2. The number of hydrogen-bond acceptors (Lipinski definition) is 4. The summed E-state index contributed by atoms with van der Waals surface area (Å²) < 4.78 is 13.6. The molecule has 1 heterocycles. The number of benzene rings is 1. The number of rotatable bonds is 7. The van der Waals surface area contributed by atoms with Crippen LogP contribution >= 0.6 is 0 Å². The average molecular weight is 351 g/mol. The Morgan fingerprint density at radius 1 is 1.32 bits per heavy atom. The predicted octanol–water partition coefficient (Wildman–Crippen LogP) is 0.433. The first-order valence-corrected chi connectivity index (χ1v) is 8.66. The van der Waals surface area contributed by atoms with Crippen molar-refractivity contribution in [3.63, 3.8) is 0 Å². The van der Waals surface area contributed by atoms with Gasteiger partial charge >= 0.3 is 0 Å². The molecule has 0 bridgehead atoms. The fraction of sp³-hybridized carbons (Fsp3) is 0.556. The van der Waals surface area contributed by atoms with Crippen LogP contribution in [0.1, 0.15) is 24.8 Å². The van der Waals surface area contributed by atoms with Gasteiger partial charge in [-0.05, 0) is 30.9 Å². The van der Waals surface area contributed by atoms with Crippen LogP contribution in [0.25, 0.3) is 0 Å². The molecular formula is C18H26FN3O3. The number of hydrogen-bond donors (Lipinski definition) is 3. The third kappa shape index (κ3) is 5.79. The van der Waals surface area contributed by atoms with Gasteiger partial charge in [0.25, 0.3) is 0 Å². The van der Waals surface area contributed by atoms with E-state index in [9.17, 15) is 14.0 Å². The van der Waals surface area contributed by atoms with Crippen molar-refractivity contribution >= 4 is 11.8 Å². The van der Waals surface area contributed by atoms with Crippen LogP contribution in [0.4, 0.5) is 4.39 Å². The molecule has 1 fully saturated rings. The van der Waals surface area contributed by atoms with Crippen LogP contribution in [-0.2, 0) is 16.0 Å². The monoisotopic (exact) mass is 351 g/mol. The van der Waals surface area contributed by atoms with Crippen LogP contribution in [0.5, 0.6) is 0 Å². The minimum atomic E-state index is -0.435. The number of halogens is 1. The van der Waals surface area contributed by atoms with E-state index in [4.69, 9.17) is 10.8 Å². The molecule has 0 saturated carbocycles. The molecule has 1 aliphatic rings. The van der Waals surface area contributed by atoms with Crippen LogP contribution in [0.15, 0.2) is 24.3 Å². The molecule has 2 amide bonds. The van der Waals surface area contributed by atoms with E-state index in [0.717, 1.165) is 0 Å². The standard InChI is InChI=1S/C18H26FN3O3/c19-16-4-2-1-3-14(16)11-15(20)12-17(24)22-8-5-13(6-9-22)18(25)21-7-10-23/h1-4,13,15,23H,5-12,20H2,(H,21,25)/t15-/m1/s1. The molecule has 4 N–H and O–H groups in total. The second-order valence-electron chi connectivity index (χ2n) is 6.43. The van der Waals surface area contributed by atoms with Gasteiger partial charge in [-0.3, -0.25) is 9.59 Å². The number of aliphatic hydroxyl groups excluding tert-OH is 1. The summed E-state index contributed by atoms with van der Waals surface area (Å²) in [6, 6.07) is 6.00. The number of piperidine rings is 1. The fourth-order valence-corrected chi connectivity index (χ4v) is 3.09. The van der Waals surface area contributed by atoms with Crippen LogP contribution in [-0.4, -0.2) is 54.1 Å². The Hall–Kier alpha value is -1.99. The third-order valence-electron chi connectivity index (χ3n) is 4.51. The summed E-state index contributed by atoms with van der Waals surface area (Å²) in [7, 11) is 0. The lowest BCUT2D eigenvalue weighted by molar-refractivity contribution is -0.135. The van der Waals surface area contributed by atoms with Crippen molar-refractivity contribution in [2.45, 2.75) is 31.7 Å². The number of likely N-dealkylation sites (tertiary alicyclic amines) is 1. The van der Waals surface area contributed by atoms with E-state index in [1.807, 2.05) is 0 Å². The number of nitrogens with one attached hydrogen (secondary N) is 1. The smallest absolute Gasteiger partial charge is 0.224 e. The topological polar surface area (TPSA) is 95.7 Å². The van der Waals surface area contributed by atoms with Crippen LogP contribution < -0.4 is 11.1 Å². The first kappa shape index (κ1) is 19.3. The Kier molecular flexibility index (Phi) is 7.33. The molecule has 7 heteroatoms. The SMILES string of the molecule is N[C@@H](CC(=O)N1CCC(C(=O)NCCO)CC1)Cc1ccccc1F. The van der Waals surface area contributed by atoms with E-state index in [2.05, 4.69) is 5.32 Å². The second kappa shape index (κ2) is 9.48. The Balaban J connectivity index is 1.76. The van der Waals surface area contributed by atoms with Gasteiger partial charge in [-0.1, -0.05) is 18.2 Å². The van der Waals surface area contributed by atoms with Crippen molar-refractivity contribution in [2.75, 3.05) is 26.2 Å². The first-order valence-electron chi connectivity index (χ1n) is 8.66. The number of carbonyl (C=O) groups excluding carboxylic acids is 2. The number of nitrogens with zero attached hydrogens (tertiary/aromatic N) is 1. The average Bonchev–Trinajstić information content (AvgIpc) is 2.61. The largest absolute Gasteiger partial charge is 0.395 e. The van der Waals surface area contributed by atoms with Crippen LogP contribution in [0, 0.1) is 11.7 Å². The highest BCUT2D eigenvalue weighted by Gasteiger charge is 2.27. The quantitative estimate of drug-likeness (QED) is 0.664. The maximum atomic E-state index is 13.6. The van der Waals surface area contributed by atoms with Crippen molar-refractivity contribution in [1.29, 1.82) is 0 Å². The minimum Gasteiger partial charge on any atom is -0.395 e. The van der Waals surface area contributed by atoms with Gasteiger partial charge in [0.2, 0.25) is 11.8 Å². The van der Waals surface area contributed by atoms with Gasteiger partial charge in [-0.2, -0.15) is 0 Å². The lowest BCUT2D eigenvalue weighted by atomic mass is 9.95. The van der Waals surface area contributed by atoms with Gasteiger partial charge in [-0.15, -0.1) is 0 Å². The Bertz CT molecular complexity index is 589. The van der Waals surface area contributed by atoms with Crippen molar-refractivity contribution in [2.24, 2.45) is 11.7 Å². The summed E-state index contributed by atoms with van der Waals surface area (Å²) in [6.07, 6.45) is 1.69. The molecule has 1 aliphatic heterocycles. The predicted molar refractivity (Wildman–Crippen MR) is 92.1 cm³/mol. The molecule has 0 unspecified atom stereocenters. The molecule has 138 valence electrons. The van der Waals surface area contributed by atoms with E-state index >= 15 is 0 Å². The van der Waals surface area contributed by atoms with Gasteiger partial charge < -0.3 is 21.1 Å². The van der Waals surface area contributed by atoms with Crippen molar-refractivity contribution in [3.05, 3.63) is 35.6 Å². The van der Waals surface area contributed by atoms with Crippen LogP contribution in [0.3, 0.4) is 0 Å². The molecule has 0 spiro atoms. The molecule has 25 heavy (non-hydrogen) atoms. The van der Waals surface area contributed by atoms with Crippen LogP contribution in [0.2, 0.25) is 0 Å². The van der Waals surface area contributed by atoms with E-state index < -0.39 is 6.04 Å². The van der Waals surface area contributed by atoms with E-state index in [0.29, 0.717) is 37.9 Å². The van der Waals surface area contributed by atoms with Gasteiger partial charge in [0.05, 0.1) is 6.61 Å². The summed E-state index contributed by atoms with van der Waals surface area (Å²) in [4.78, 5) is 25.9. The maximum absolute atomic E-state index is 13.6. The summed E-state index contributed by atoms with van der Waals surface area (Å²) in [6.45, 7) is 1.21. The fourth-order valence-electron chi connectivity index (χ4n) is 3.09. The Morgan fingerprint density at radius 3 is 2.64 bits per heavy atom. The summed E-state index contributed by atoms with van der Waals surface area (Å²) in [5.74, 6) is -0.557. The molecule has 1 saturated heterocycles. The van der Waals surface area contributed by atoms with Gasteiger partial charge in [0, 0.05) is 38.0 Å². The molecular weight excluding hydrogens is 325 g/mol. The summed E-state index contributed by atoms with van der Waals surface area (Å²) in [5, 5.41) is 11.4. The normalized spacial score (nSPS) is 16.5. The summed E-state index contributed by atoms with van der Waals surface area (Å²) >= 11 is 0. The number of carbonyl (C=O) groups is 2. The molecule has 1 aromatic carbocycles. The van der Waals surface area contributed by atoms with Gasteiger partial charge in [-0.25, -0.2) is 4.39 Å². The number of amides is 2. The number of aliphatic hydroxyl groups is 1. The Labute approximate surface area is 147 Å². The molecule has 0 aromatic heterocycles. The lowest BCUT2D eigenvalue weighted by Crippen LogP contribution is -2.45. The van der Waals surface area contributed by atoms with E-state index in [-0.39, 0.29) is 43.1 Å². The molecule has 2 rings (SSSR count).